The molecule has 0 saturated heterocycles. The van der Waals surface area contributed by atoms with E-state index in [2.05, 4.69) is 146 Å². The average molecular weight is 564 g/mol. The fourth-order valence-electron chi connectivity index (χ4n) is 7.26. The van der Waals surface area contributed by atoms with E-state index in [1.54, 1.807) is 0 Å². The summed E-state index contributed by atoms with van der Waals surface area (Å²) in [4.78, 5) is 10.1. The number of aromatic nitrogens is 3. The van der Waals surface area contributed by atoms with Crippen LogP contribution in [0.15, 0.2) is 140 Å². The van der Waals surface area contributed by atoms with Gasteiger partial charge in [0, 0.05) is 33.3 Å². The van der Waals surface area contributed by atoms with Crippen LogP contribution in [0, 0.1) is 0 Å². The molecule has 3 nitrogen and oxygen atoms in total. The fraction of sp³-hybridized carbons (Fsp3) is 0.0732. The van der Waals surface area contributed by atoms with Crippen molar-refractivity contribution in [2.24, 2.45) is 0 Å². The number of para-hydroxylation sites is 1. The first kappa shape index (κ1) is 25.0. The third-order valence-electron chi connectivity index (χ3n) is 9.48. The zero-order chi connectivity index (χ0) is 29.4. The van der Waals surface area contributed by atoms with Gasteiger partial charge in [-0.3, -0.25) is 4.57 Å². The van der Waals surface area contributed by atoms with Crippen LogP contribution in [0.4, 0.5) is 0 Å². The van der Waals surface area contributed by atoms with Crippen LogP contribution in [-0.4, -0.2) is 14.5 Å². The van der Waals surface area contributed by atoms with Crippen molar-refractivity contribution in [2.45, 2.75) is 19.3 Å². The molecular formula is C41H29N3. The van der Waals surface area contributed by atoms with Crippen molar-refractivity contribution >= 4 is 32.6 Å². The van der Waals surface area contributed by atoms with Crippen LogP contribution in [0.3, 0.4) is 0 Å². The van der Waals surface area contributed by atoms with E-state index in [4.69, 9.17) is 9.97 Å². The quantitative estimate of drug-likeness (QED) is 0.214. The molecule has 1 aliphatic carbocycles. The summed E-state index contributed by atoms with van der Waals surface area (Å²) in [7, 11) is 0. The molecule has 2 aromatic heterocycles. The van der Waals surface area contributed by atoms with Gasteiger partial charge in [0.1, 0.15) is 0 Å². The minimum absolute atomic E-state index is 0.132. The molecule has 208 valence electrons. The van der Waals surface area contributed by atoms with Gasteiger partial charge < -0.3 is 0 Å². The highest BCUT2D eigenvalue weighted by atomic mass is 15.2. The van der Waals surface area contributed by atoms with Gasteiger partial charge >= 0.3 is 0 Å². The van der Waals surface area contributed by atoms with Crippen molar-refractivity contribution in [2.75, 3.05) is 0 Å². The Hall–Kier alpha value is -5.54. The molecule has 0 aliphatic heterocycles. The average Bonchev–Trinajstić information content (AvgIpc) is 3.54. The maximum absolute atomic E-state index is 5.22. The van der Waals surface area contributed by atoms with Gasteiger partial charge in [0.15, 0.2) is 0 Å². The van der Waals surface area contributed by atoms with Crippen LogP contribution in [0.5, 0.6) is 0 Å². The topological polar surface area (TPSA) is 30.7 Å². The van der Waals surface area contributed by atoms with E-state index in [0.29, 0.717) is 5.95 Å². The van der Waals surface area contributed by atoms with Crippen molar-refractivity contribution in [1.29, 1.82) is 0 Å². The van der Waals surface area contributed by atoms with E-state index in [1.165, 1.54) is 54.9 Å². The Morgan fingerprint density at radius 3 is 2.05 bits per heavy atom. The summed E-state index contributed by atoms with van der Waals surface area (Å²) in [6.45, 7) is 4.68. The molecule has 0 saturated carbocycles. The monoisotopic (exact) mass is 563 g/mol. The Kier molecular flexibility index (Phi) is 5.24. The van der Waals surface area contributed by atoms with Gasteiger partial charge in [-0.25, -0.2) is 9.97 Å². The maximum Gasteiger partial charge on any atom is 0.235 e. The van der Waals surface area contributed by atoms with Gasteiger partial charge in [0.25, 0.3) is 0 Å². The zero-order valence-corrected chi connectivity index (χ0v) is 24.6. The van der Waals surface area contributed by atoms with Gasteiger partial charge in [0.2, 0.25) is 5.95 Å². The summed E-state index contributed by atoms with van der Waals surface area (Å²) >= 11 is 0. The normalized spacial score (nSPS) is 13.4. The molecule has 6 aromatic carbocycles. The van der Waals surface area contributed by atoms with Crippen molar-refractivity contribution in [1.82, 2.24) is 14.5 Å². The highest BCUT2D eigenvalue weighted by Crippen LogP contribution is 2.50. The van der Waals surface area contributed by atoms with Crippen LogP contribution in [0.25, 0.3) is 72.0 Å². The van der Waals surface area contributed by atoms with Gasteiger partial charge in [0.05, 0.1) is 16.7 Å². The van der Waals surface area contributed by atoms with Crippen LogP contribution in [-0.2, 0) is 5.41 Å². The van der Waals surface area contributed by atoms with Crippen LogP contribution in [0.2, 0.25) is 0 Å². The molecule has 0 spiro atoms. The molecule has 3 heteroatoms. The minimum atomic E-state index is -0.132. The predicted octanol–water partition coefficient (Wildman–Crippen LogP) is 10.4. The Labute approximate surface area is 256 Å². The number of hydrogen-bond donors (Lipinski definition) is 0. The first-order valence-electron chi connectivity index (χ1n) is 15.2. The number of nitrogens with zero attached hydrogens (tertiary/aromatic N) is 3. The summed E-state index contributed by atoms with van der Waals surface area (Å²) in [5.74, 6) is 0.681. The predicted molar refractivity (Wildman–Crippen MR) is 182 cm³/mol. The molecule has 0 radical (unpaired) electrons. The van der Waals surface area contributed by atoms with E-state index < -0.39 is 0 Å². The first-order valence-corrected chi connectivity index (χ1v) is 15.2. The minimum Gasteiger partial charge on any atom is -0.277 e. The van der Waals surface area contributed by atoms with Crippen LogP contribution < -0.4 is 0 Å². The molecule has 2 heterocycles. The summed E-state index contributed by atoms with van der Waals surface area (Å²) in [6, 6.07) is 48.0. The number of rotatable bonds is 3. The Morgan fingerprint density at radius 1 is 0.545 bits per heavy atom. The molecule has 9 rings (SSSR count). The van der Waals surface area contributed by atoms with Crippen LogP contribution >= 0.6 is 0 Å². The molecule has 8 aromatic rings. The van der Waals surface area contributed by atoms with Crippen molar-refractivity contribution < 1.29 is 0 Å². The molecule has 44 heavy (non-hydrogen) atoms. The highest BCUT2D eigenvalue weighted by Gasteiger charge is 2.36. The molecule has 1 aliphatic rings. The Balaban J connectivity index is 1.19. The Bertz CT molecular complexity index is 2410. The van der Waals surface area contributed by atoms with Crippen molar-refractivity contribution in [3.05, 3.63) is 151 Å². The van der Waals surface area contributed by atoms with Gasteiger partial charge in [-0.1, -0.05) is 123 Å². The number of hydrogen-bond acceptors (Lipinski definition) is 2. The van der Waals surface area contributed by atoms with Crippen molar-refractivity contribution in [3.8, 4) is 39.5 Å². The maximum atomic E-state index is 5.22. The summed E-state index contributed by atoms with van der Waals surface area (Å²) < 4.78 is 2.23. The second-order valence-electron chi connectivity index (χ2n) is 12.3. The van der Waals surface area contributed by atoms with E-state index in [-0.39, 0.29) is 5.41 Å². The Morgan fingerprint density at radius 2 is 1.23 bits per heavy atom. The molecular weight excluding hydrogens is 534 g/mol. The van der Waals surface area contributed by atoms with E-state index in [9.17, 15) is 0 Å². The summed E-state index contributed by atoms with van der Waals surface area (Å²) in [5.41, 5.74) is 11.9. The highest BCUT2D eigenvalue weighted by molar-refractivity contribution is 6.18. The lowest BCUT2D eigenvalue weighted by atomic mass is 9.81. The third kappa shape index (κ3) is 3.56. The third-order valence-corrected chi connectivity index (χ3v) is 9.48. The van der Waals surface area contributed by atoms with Gasteiger partial charge in [-0.2, -0.15) is 0 Å². The van der Waals surface area contributed by atoms with Crippen LogP contribution in [0.1, 0.15) is 25.0 Å². The van der Waals surface area contributed by atoms with Gasteiger partial charge in [-0.05, 0) is 63.0 Å². The van der Waals surface area contributed by atoms with E-state index in [0.717, 1.165) is 22.3 Å². The fourth-order valence-corrected chi connectivity index (χ4v) is 7.26. The summed E-state index contributed by atoms with van der Waals surface area (Å²) in [5, 5.41) is 4.81. The lowest BCUT2D eigenvalue weighted by Gasteiger charge is -2.22. The molecule has 0 unspecified atom stereocenters. The first-order chi connectivity index (χ1) is 21.6. The molecule has 0 N–H and O–H groups in total. The molecule has 0 fully saturated rings. The zero-order valence-electron chi connectivity index (χ0n) is 24.6. The number of fused-ring (bicyclic) bond motifs is 8. The number of benzene rings is 6. The standard InChI is InChI=1S/C41H29N3/c1-41(2)35-24-28(26-10-4-3-5-11-26)17-19-31(35)32-20-18-29(25-36(32)41)37-22-23-42-40(43-37)44-38-15-9-8-14-33(38)34-21-16-27-12-6-7-13-30(27)39(34)44/h3-25H,1-2H3. The van der Waals surface area contributed by atoms with Gasteiger partial charge in [-0.15, -0.1) is 0 Å². The molecule has 0 atom stereocenters. The smallest absolute Gasteiger partial charge is 0.235 e. The lowest BCUT2D eigenvalue weighted by molar-refractivity contribution is 0.661. The summed E-state index contributed by atoms with van der Waals surface area (Å²) in [6.07, 6.45) is 1.89. The second-order valence-corrected chi connectivity index (χ2v) is 12.3. The molecule has 0 amide bonds. The van der Waals surface area contributed by atoms with E-state index in [1.807, 2.05) is 12.3 Å². The lowest BCUT2D eigenvalue weighted by Crippen LogP contribution is -2.15. The SMILES string of the molecule is CC1(C)c2cc(-c3ccccc3)ccc2-c2ccc(-c3ccnc(-n4c5ccccc5c5ccc6ccccc6c54)n3)cc21. The molecule has 0 bridgehead atoms. The second kappa shape index (κ2) is 9.23. The van der Waals surface area contributed by atoms with E-state index >= 15 is 0 Å². The van der Waals surface area contributed by atoms with Crippen molar-refractivity contribution in [3.63, 3.8) is 0 Å². The largest absolute Gasteiger partial charge is 0.277 e.